The number of pyridine rings is 1. The number of benzene rings is 2. The lowest BCUT2D eigenvalue weighted by Gasteiger charge is -2.26. The van der Waals surface area contributed by atoms with Crippen LogP contribution in [0.15, 0.2) is 60.4 Å². The number of nitrogens with zero attached hydrogens (tertiary/aromatic N) is 2. The molecule has 0 unspecified atom stereocenters. The number of Topliss-reactive ketones (excluding diaryl/α,β-unsaturated/α-hetero) is 1. The van der Waals surface area contributed by atoms with E-state index in [1.54, 1.807) is 48.8 Å². The monoisotopic (exact) mass is 546 g/mol. The SMILES string of the molecule is COc1cc([C@H]2C(=C(O)c3ccc(OCC(C)C)c(C)c3)C(=O)C(=O)N2Cc2cccnc2)cc(OC)c1OC. The summed E-state index contributed by atoms with van der Waals surface area (Å²) in [7, 11) is 4.46. The maximum absolute atomic E-state index is 13.5. The summed E-state index contributed by atoms with van der Waals surface area (Å²) in [6.45, 7) is 6.63. The molecule has 1 fully saturated rings. The molecule has 2 heterocycles. The molecule has 1 saturated heterocycles. The normalized spacial score (nSPS) is 16.4. The third-order valence-corrected chi connectivity index (χ3v) is 6.64. The van der Waals surface area contributed by atoms with Gasteiger partial charge in [0, 0.05) is 24.5 Å². The molecule has 0 spiro atoms. The highest BCUT2D eigenvalue weighted by molar-refractivity contribution is 6.46. The van der Waals surface area contributed by atoms with Crippen LogP contribution in [0.5, 0.6) is 23.0 Å². The summed E-state index contributed by atoms with van der Waals surface area (Å²) in [6, 6.07) is 11.2. The number of methoxy groups -OCH3 is 3. The first-order valence-electron chi connectivity index (χ1n) is 12.9. The van der Waals surface area contributed by atoms with Gasteiger partial charge < -0.3 is 29.0 Å². The minimum Gasteiger partial charge on any atom is -0.507 e. The number of likely N-dealkylation sites (tertiary alicyclic amines) is 1. The fourth-order valence-corrected chi connectivity index (χ4v) is 4.71. The average Bonchev–Trinajstić information content (AvgIpc) is 3.20. The van der Waals surface area contributed by atoms with Crippen molar-refractivity contribution in [3.63, 3.8) is 0 Å². The van der Waals surface area contributed by atoms with Gasteiger partial charge in [0.15, 0.2) is 11.5 Å². The summed E-state index contributed by atoms with van der Waals surface area (Å²) in [4.78, 5) is 32.5. The molecule has 0 bridgehead atoms. The standard InChI is InChI=1S/C31H34N2O7/c1-18(2)17-40-23-10-9-21(12-19(23)3)28(34)26-27(22-13-24(37-4)30(39-6)25(14-22)38-5)33(31(36)29(26)35)16-20-8-7-11-32-15-20/h7-15,18,27,34H,16-17H2,1-6H3/t27-/m0/s1. The highest BCUT2D eigenvalue weighted by Gasteiger charge is 2.46. The maximum atomic E-state index is 13.5. The van der Waals surface area contributed by atoms with Gasteiger partial charge in [-0.15, -0.1) is 0 Å². The van der Waals surface area contributed by atoms with E-state index in [2.05, 4.69) is 18.8 Å². The molecule has 0 radical (unpaired) electrons. The van der Waals surface area contributed by atoms with Gasteiger partial charge >= 0.3 is 0 Å². The van der Waals surface area contributed by atoms with E-state index < -0.39 is 17.7 Å². The van der Waals surface area contributed by atoms with Crippen LogP contribution in [-0.4, -0.2) is 54.6 Å². The first-order chi connectivity index (χ1) is 19.2. The van der Waals surface area contributed by atoms with E-state index >= 15 is 0 Å². The molecule has 4 rings (SSSR count). The Balaban J connectivity index is 1.88. The highest BCUT2D eigenvalue weighted by Crippen LogP contribution is 2.46. The second-order valence-corrected chi connectivity index (χ2v) is 9.93. The van der Waals surface area contributed by atoms with Crippen LogP contribution in [0.2, 0.25) is 0 Å². The Morgan fingerprint density at radius 3 is 2.25 bits per heavy atom. The van der Waals surface area contributed by atoms with Gasteiger partial charge in [0.1, 0.15) is 11.5 Å². The predicted molar refractivity (Wildman–Crippen MR) is 150 cm³/mol. The van der Waals surface area contributed by atoms with E-state index in [1.165, 1.54) is 26.2 Å². The molecule has 1 aliphatic rings. The van der Waals surface area contributed by atoms with Crippen LogP contribution in [0.25, 0.3) is 5.76 Å². The van der Waals surface area contributed by atoms with Gasteiger partial charge in [0.2, 0.25) is 5.75 Å². The third kappa shape index (κ3) is 5.59. The lowest BCUT2D eigenvalue weighted by atomic mass is 9.94. The van der Waals surface area contributed by atoms with Gasteiger partial charge in [-0.25, -0.2) is 0 Å². The zero-order valence-electron chi connectivity index (χ0n) is 23.6. The topological polar surface area (TPSA) is 107 Å². The van der Waals surface area contributed by atoms with Crippen LogP contribution in [0.3, 0.4) is 0 Å². The fourth-order valence-electron chi connectivity index (χ4n) is 4.71. The molecule has 9 heteroatoms. The van der Waals surface area contributed by atoms with Gasteiger partial charge in [-0.1, -0.05) is 19.9 Å². The minimum atomic E-state index is -0.939. The lowest BCUT2D eigenvalue weighted by Crippen LogP contribution is -2.29. The Morgan fingerprint density at radius 1 is 1.00 bits per heavy atom. The molecule has 1 N–H and O–H groups in total. The predicted octanol–water partition coefficient (Wildman–Crippen LogP) is 5.07. The van der Waals surface area contributed by atoms with Crippen molar-refractivity contribution in [2.75, 3.05) is 27.9 Å². The maximum Gasteiger partial charge on any atom is 0.295 e. The Kier molecular flexibility index (Phi) is 8.62. The first-order valence-corrected chi connectivity index (χ1v) is 12.9. The Hall–Kier alpha value is -4.53. The van der Waals surface area contributed by atoms with Crippen molar-refractivity contribution in [3.05, 3.63) is 82.7 Å². The van der Waals surface area contributed by atoms with Crippen LogP contribution >= 0.6 is 0 Å². The van der Waals surface area contributed by atoms with E-state index in [-0.39, 0.29) is 17.9 Å². The van der Waals surface area contributed by atoms with Crippen molar-refractivity contribution in [3.8, 4) is 23.0 Å². The number of hydrogen-bond donors (Lipinski definition) is 1. The van der Waals surface area contributed by atoms with Gasteiger partial charge in [0.05, 0.1) is 39.6 Å². The molecule has 40 heavy (non-hydrogen) atoms. The molecule has 0 aliphatic carbocycles. The minimum absolute atomic E-state index is 0.0431. The quantitative estimate of drug-likeness (QED) is 0.213. The number of carbonyl (C=O) groups excluding carboxylic acids is 2. The van der Waals surface area contributed by atoms with Crippen molar-refractivity contribution in [1.82, 2.24) is 9.88 Å². The van der Waals surface area contributed by atoms with E-state index in [4.69, 9.17) is 18.9 Å². The number of carbonyl (C=O) groups is 2. The number of ether oxygens (including phenoxy) is 4. The number of hydrogen-bond acceptors (Lipinski definition) is 8. The van der Waals surface area contributed by atoms with Crippen LogP contribution in [0.4, 0.5) is 0 Å². The molecular formula is C31H34N2O7. The molecule has 210 valence electrons. The van der Waals surface area contributed by atoms with E-state index in [9.17, 15) is 14.7 Å². The van der Waals surface area contributed by atoms with Crippen molar-refractivity contribution >= 4 is 17.4 Å². The van der Waals surface area contributed by atoms with E-state index in [0.29, 0.717) is 46.6 Å². The van der Waals surface area contributed by atoms with Crippen molar-refractivity contribution < 1.29 is 33.6 Å². The number of aromatic nitrogens is 1. The van der Waals surface area contributed by atoms with Crippen LogP contribution in [0.1, 0.15) is 42.1 Å². The molecule has 1 aromatic heterocycles. The van der Waals surface area contributed by atoms with Crippen LogP contribution in [-0.2, 0) is 16.1 Å². The summed E-state index contributed by atoms with van der Waals surface area (Å²) in [6.07, 6.45) is 3.26. The highest BCUT2D eigenvalue weighted by atomic mass is 16.5. The third-order valence-electron chi connectivity index (χ3n) is 6.64. The second kappa shape index (κ2) is 12.1. The van der Waals surface area contributed by atoms with Crippen molar-refractivity contribution in [1.29, 1.82) is 0 Å². The molecule has 1 aliphatic heterocycles. The molecule has 1 atom stereocenters. The zero-order chi connectivity index (χ0) is 29.0. The molecule has 1 amide bonds. The number of amides is 1. The van der Waals surface area contributed by atoms with Crippen LogP contribution in [0, 0.1) is 12.8 Å². The summed E-state index contributed by atoms with van der Waals surface area (Å²) >= 11 is 0. The van der Waals surface area contributed by atoms with E-state index in [0.717, 1.165) is 11.1 Å². The molecular weight excluding hydrogens is 512 g/mol. The van der Waals surface area contributed by atoms with Crippen molar-refractivity contribution in [2.45, 2.75) is 33.4 Å². The van der Waals surface area contributed by atoms with Gasteiger partial charge in [0.25, 0.3) is 11.7 Å². The molecule has 9 nitrogen and oxygen atoms in total. The summed E-state index contributed by atoms with van der Waals surface area (Å²) < 4.78 is 22.4. The summed E-state index contributed by atoms with van der Waals surface area (Å²) in [5.41, 5.74) is 2.38. The summed E-state index contributed by atoms with van der Waals surface area (Å²) in [5.74, 6) is 0.286. The number of aliphatic hydroxyl groups is 1. The Bertz CT molecular complexity index is 1410. The fraction of sp³-hybridized carbons (Fsp3) is 0.323. The molecule has 2 aromatic carbocycles. The van der Waals surface area contributed by atoms with Crippen molar-refractivity contribution in [2.24, 2.45) is 5.92 Å². The Labute approximate surface area is 234 Å². The van der Waals surface area contributed by atoms with E-state index in [1.807, 2.05) is 13.0 Å². The Morgan fingerprint density at radius 2 is 1.70 bits per heavy atom. The number of aliphatic hydroxyl groups excluding tert-OH is 1. The van der Waals surface area contributed by atoms with Gasteiger partial charge in [-0.2, -0.15) is 0 Å². The molecule has 0 saturated carbocycles. The number of ketones is 1. The van der Waals surface area contributed by atoms with Gasteiger partial charge in [-0.05, 0) is 65.9 Å². The number of rotatable bonds is 10. The zero-order valence-corrected chi connectivity index (χ0v) is 23.6. The second-order valence-electron chi connectivity index (χ2n) is 9.93. The largest absolute Gasteiger partial charge is 0.507 e. The summed E-state index contributed by atoms with van der Waals surface area (Å²) in [5, 5.41) is 11.6. The lowest BCUT2D eigenvalue weighted by molar-refractivity contribution is -0.140. The smallest absolute Gasteiger partial charge is 0.295 e. The van der Waals surface area contributed by atoms with Crippen LogP contribution < -0.4 is 18.9 Å². The first kappa shape index (κ1) is 28.5. The molecule has 3 aromatic rings. The van der Waals surface area contributed by atoms with Gasteiger partial charge in [-0.3, -0.25) is 14.6 Å². The number of aryl methyl sites for hydroxylation is 1. The average molecular weight is 547 g/mol.